The van der Waals surface area contributed by atoms with Gasteiger partial charge in [0.2, 0.25) is 5.91 Å². The number of hydrogen-bond acceptors (Lipinski definition) is 5. The number of fused-ring (bicyclic) bond motifs is 3. The zero-order valence-corrected chi connectivity index (χ0v) is 16.1. The zero-order chi connectivity index (χ0) is 19.5. The lowest BCUT2D eigenvalue weighted by atomic mass is 10.2. The highest BCUT2D eigenvalue weighted by Gasteiger charge is 2.17. The molecule has 4 rings (SSSR count). The van der Waals surface area contributed by atoms with Gasteiger partial charge in [0.05, 0.1) is 19.4 Å². The maximum Gasteiger partial charge on any atom is 0.291 e. The van der Waals surface area contributed by atoms with E-state index in [1.165, 1.54) is 4.68 Å². The summed E-state index contributed by atoms with van der Waals surface area (Å²) in [7, 11) is 1.62. The molecule has 0 saturated carbocycles. The Morgan fingerprint density at radius 3 is 2.82 bits per heavy atom. The van der Waals surface area contributed by atoms with Gasteiger partial charge in [-0.1, -0.05) is 18.2 Å². The van der Waals surface area contributed by atoms with Crippen LogP contribution in [-0.2, 0) is 23.1 Å². The zero-order valence-electron chi connectivity index (χ0n) is 16.1. The summed E-state index contributed by atoms with van der Waals surface area (Å²) in [5.41, 5.74) is 1.18. The predicted octanol–water partition coefficient (Wildman–Crippen LogP) is 0.727. The molecule has 0 aliphatic carbocycles. The minimum Gasteiger partial charge on any atom is -0.379 e. The van der Waals surface area contributed by atoms with Crippen LogP contribution in [0.2, 0.25) is 0 Å². The number of hydrogen-bond donors (Lipinski definition) is 1. The Bertz CT molecular complexity index is 1050. The van der Waals surface area contributed by atoms with Crippen LogP contribution in [0.15, 0.2) is 35.3 Å². The number of aryl methyl sites for hydroxylation is 1. The van der Waals surface area contributed by atoms with Crippen molar-refractivity contribution in [3.63, 3.8) is 0 Å². The lowest BCUT2D eigenvalue weighted by Gasteiger charge is -2.26. The molecule has 1 fully saturated rings. The lowest BCUT2D eigenvalue weighted by molar-refractivity contribution is -0.121. The van der Waals surface area contributed by atoms with E-state index in [-0.39, 0.29) is 18.0 Å². The van der Waals surface area contributed by atoms with Crippen molar-refractivity contribution in [3.05, 3.63) is 40.8 Å². The number of nitrogens with one attached hydrogen (secondary N) is 1. The fourth-order valence-electron chi connectivity index (χ4n) is 3.76. The molecule has 1 aliphatic heterocycles. The first kappa shape index (κ1) is 18.6. The molecule has 2 aromatic heterocycles. The molecular formula is C20H25N5O3. The van der Waals surface area contributed by atoms with Crippen LogP contribution in [0.3, 0.4) is 0 Å². The lowest BCUT2D eigenvalue weighted by Crippen LogP contribution is -2.38. The summed E-state index contributed by atoms with van der Waals surface area (Å²) in [5.74, 6) is -0.0940. The van der Waals surface area contributed by atoms with Gasteiger partial charge in [0.15, 0.2) is 0 Å². The number of aromatic nitrogens is 3. The van der Waals surface area contributed by atoms with Crippen molar-refractivity contribution in [2.45, 2.75) is 13.0 Å². The topological polar surface area (TPSA) is 81.4 Å². The summed E-state index contributed by atoms with van der Waals surface area (Å²) in [5, 5.41) is 8.82. The number of morpholine rings is 1. The van der Waals surface area contributed by atoms with E-state index in [4.69, 9.17) is 4.74 Å². The molecule has 1 saturated heterocycles. The van der Waals surface area contributed by atoms with E-state index in [2.05, 4.69) is 15.3 Å². The molecule has 0 spiro atoms. The summed E-state index contributed by atoms with van der Waals surface area (Å²) < 4.78 is 8.45. The minimum atomic E-state index is -0.200. The van der Waals surface area contributed by atoms with Crippen LogP contribution in [0.1, 0.15) is 6.42 Å². The van der Waals surface area contributed by atoms with Crippen molar-refractivity contribution in [3.8, 4) is 0 Å². The third-order valence-electron chi connectivity index (χ3n) is 5.25. The molecule has 3 aromatic rings. The molecule has 1 aromatic carbocycles. The van der Waals surface area contributed by atoms with E-state index < -0.39 is 0 Å². The third kappa shape index (κ3) is 3.65. The van der Waals surface area contributed by atoms with Crippen LogP contribution in [0.25, 0.3) is 21.8 Å². The number of para-hydroxylation sites is 1. The Morgan fingerprint density at radius 1 is 1.21 bits per heavy atom. The highest BCUT2D eigenvalue weighted by Crippen LogP contribution is 2.25. The monoisotopic (exact) mass is 383 g/mol. The molecule has 1 amide bonds. The fourth-order valence-corrected chi connectivity index (χ4v) is 3.76. The predicted molar refractivity (Wildman–Crippen MR) is 107 cm³/mol. The van der Waals surface area contributed by atoms with E-state index in [0.717, 1.165) is 55.6 Å². The van der Waals surface area contributed by atoms with Crippen LogP contribution in [0.4, 0.5) is 0 Å². The number of nitrogens with zero attached hydrogens (tertiary/aromatic N) is 4. The number of carbonyl (C=O) groups excluding carboxylic acids is 1. The second-order valence-electron chi connectivity index (χ2n) is 7.10. The van der Waals surface area contributed by atoms with E-state index in [0.29, 0.717) is 12.1 Å². The highest BCUT2D eigenvalue weighted by molar-refractivity contribution is 6.07. The Balaban J connectivity index is 1.48. The number of ether oxygens (including phenoxy) is 1. The molecular weight excluding hydrogens is 358 g/mol. The van der Waals surface area contributed by atoms with Crippen molar-refractivity contribution in [1.82, 2.24) is 24.6 Å². The van der Waals surface area contributed by atoms with E-state index in [1.807, 2.05) is 24.3 Å². The first-order valence-electron chi connectivity index (χ1n) is 9.65. The van der Waals surface area contributed by atoms with Gasteiger partial charge in [0.1, 0.15) is 12.1 Å². The second-order valence-corrected chi connectivity index (χ2v) is 7.10. The molecule has 0 radical (unpaired) electrons. The Hall–Kier alpha value is -2.71. The van der Waals surface area contributed by atoms with Gasteiger partial charge >= 0.3 is 0 Å². The molecule has 8 heteroatoms. The molecule has 0 bridgehead atoms. The number of carbonyl (C=O) groups is 1. The van der Waals surface area contributed by atoms with Crippen molar-refractivity contribution in [2.24, 2.45) is 7.05 Å². The van der Waals surface area contributed by atoms with Crippen molar-refractivity contribution in [2.75, 3.05) is 39.4 Å². The van der Waals surface area contributed by atoms with E-state index >= 15 is 0 Å². The maximum atomic E-state index is 12.7. The van der Waals surface area contributed by atoms with Crippen LogP contribution < -0.4 is 10.9 Å². The molecule has 0 atom stereocenters. The van der Waals surface area contributed by atoms with E-state index in [9.17, 15) is 9.59 Å². The van der Waals surface area contributed by atoms with E-state index in [1.54, 1.807) is 17.8 Å². The molecule has 1 N–H and O–H groups in total. The number of benzene rings is 1. The molecule has 148 valence electrons. The minimum absolute atomic E-state index is 0.0940. The van der Waals surface area contributed by atoms with Crippen LogP contribution in [-0.4, -0.2) is 64.5 Å². The van der Waals surface area contributed by atoms with Gasteiger partial charge in [-0.25, -0.2) is 4.68 Å². The first-order chi connectivity index (χ1) is 13.6. The first-order valence-corrected chi connectivity index (χ1v) is 9.65. The average molecular weight is 383 g/mol. The van der Waals surface area contributed by atoms with Gasteiger partial charge in [-0.15, -0.1) is 0 Å². The molecule has 28 heavy (non-hydrogen) atoms. The molecule has 8 nitrogen and oxygen atoms in total. The SMILES string of the molecule is Cn1ncc2c3ccccc3n(CC(=O)NCCCN3CCOCC3)c2c1=O. The van der Waals surface area contributed by atoms with Gasteiger partial charge in [-0.2, -0.15) is 5.10 Å². The van der Waals surface area contributed by atoms with Crippen LogP contribution in [0, 0.1) is 0 Å². The highest BCUT2D eigenvalue weighted by atomic mass is 16.5. The standard InChI is InChI=1S/C20H25N5O3/c1-23-20(27)19-16(13-22-23)15-5-2-3-6-17(15)25(19)14-18(26)21-7-4-8-24-9-11-28-12-10-24/h2-3,5-6,13H,4,7-12,14H2,1H3,(H,21,26). The fraction of sp³-hybridized carbons (Fsp3) is 0.450. The van der Waals surface area contributed by atoms with Gasteiger partial charge in [0.25, 0.3) is 5.56 Å². The molecule has 0 unspecified atom stereocenters. The third-order valence-corrected chi connectivity index (χ3v) is 5.25. The largest absolute Gasteiger partial charge is 0.379 e. The Morgan fingerprint density at radius 2 is 2.00 bits per heavy atom. The van der Waals surface area contributed by atoms with Crippen molar-refractivity contribution in [1.29, 1.82) is 0 Å². The van der Waals surface area contributed by atoms with Crippen molar-refractivity contribution < 1.29 is 9.53 Å². The summed E-state index contributed by atoms with van der Waals surface area (Å²) in [4.78, 5) is 27.6. The summed E-state index contributed by atoms with van der Waals surface area (Å²) in [6.07, 6.45) is 2.58. The van der Waals surface area contributed by atoms with Gasteiger partial charge in [0, 0.05) is 43.0 Å². The molecule has 1 aliphatic rings. The van der Waals surface area contributed by atoms with Gasteiger partial charge in [-0.3, -0.25) is 14.5 Å². The van der Waals surface area contributed by atoms with Gasteiger partial charge in [-0.05, 0) is 19.0 Å². The Kier molecular flexibility index (Phi) is 5.40. The normalized spacial score (nSPS) is 15.3. The smallest absolute Gasteiger partial charge is 0.291 e. The average Bonchev–Trinajstić information content (AvgIpc) is 3.03. The van der Waals surface area contributed by atoms with Crippen LogP contribution in [0.5, 0.6) is 0 Å². The second kappa shape index (κ2) is 8.12. The summed E-state index contributed by atoms with van der Waals surface area (Å²) in [6.45, 7) is 5.14. The quantitative estimate of drug-likeness (QED) is 0.635. The van der Waals surface area contributed by atoms with Crippen LogP contribution >= 0.6 is 0 Å². The maximum absolute atomic E-state index is 12.7. The van der Waals surface area contributed by atoms with Crippen molar-refractivity contribution >= 4 is 27.7 Å². The number of rotatable bonds is 6. The number of amides is 1. The van der Waals surface area contributed by atoms with Gasteiger partial charge < -0.3 is 14.6 Å². The Labute approximate surface area is 162 Å². The summed E-state index contributed by atoms with van der Waals surface area (Å²) >= 11 is 0. The molecule has 3 heterocycles. The summed E-state index contributed by atoms with van der Waals surface area (Å²) in [6, 6.07) is 7.72.